The molecule has 6 heteroatoms. The van der Waals surface area contributed by atoms with E-state index >= 15 is 0 Å². The molecule has 0 amide bonds. The Hall–Kier alpha value is -2.11. The molecule has 0 fully saturated rings. The number of nitrogens with zero attached hydrogens (tertiary/aromatic N) is 3. The summed E-state index contributed by atoms with van der Waals surface area (Å²) >= 11 is 0. The molecule has 2 rings (SSSR count). The fourth-order valence-corrected chi connectivity index (χ4v) is 1.66. The molecular formula is C12H17N5O. The normalized spacial score (nSPS) is 12.1. The maximum Gasteiger partial charge on any atom is 0.218 e. The van der Waals surface area contributed by atoms with Crippen LogP contribution in [-0.2, 0) is 0 Å². The molecule has 96 valence electrons. The highest BCUT2D eigenvalue weighted by molar-refractivity contribution is 5.38. The van der Waals surface area contributed by atoms with Gasteiger partial charge in [-0.05, 0) is 13.3 Å². The van der Waals surface area contributed by atoms with Gasteiger partial charge in [0.05, 0.1) is 12.6 Å². The van der Waals surface area contributed by atoms with E-state index in [4.69, 9.17) is 4.74 Å². The Morgan fingerprint density at radius 1 is 1.33 bits per heavy atom. The van der Waals surface area contributed by atoms with Crippen molar-refractivity contribution in [2.24, 2.45) is 0 Å². The first-order chi connectivity index (χ1) is 8.83. The minimum absolute atomic E-state index is 0.101. The van der Waals surface area contributed by atoms with Gasteiger partial charge in [-0.1, -0.05) is 6.92 Å². The average Bonchev–Trinajstić information content (AvgIpc) is 2.90. The highest BCUT2D eigenvalue weighted by atomic mass is 16.5. The zero-order chi connectivity index (χ0) is 12.8. The Kier molecular flexibility index (Phi) is 4.11. The number of hydrogen-bond acceptors (Lipinski definition) is 5. The zero-order valence-electron chi connectivity index (χ0n) is 10.6. The molecule has 0 aliphatic carbocycles. The van der Waals surface area contributed by atoms with E-state index in [1.54, 1.807) is 12.3 Å². The molecule has 1 atom stereocenters. The van der Waals surface area contributed by atoms with Crippen LogP contribution in [0, 0.1) is 0 Å². The lowest BCUT2D eigenvalue weighted by Gasteiger charge is -2.15. The summed E-state index contributed by atoms with van der Waals surface area (Å²) in [6.45, 7) is 4.60. The Morgan fingerprint density at radius 2 is 2.22 bits per heavy atom. The molecule has 0 aliphatic rings. The minimum atomic E-state index is 0.101. The van der Waals surface area contributed by atoms with Crippen LogP contribution in [0.25, 0.3) is 0 Å². The molecule has 2 aromatic heterocycles. The van der Waals surface area contributed by atoms with Gasteiger partial charge in [-0.2, -0.15) is 0 Å². The average molecular weight is 247 g/mol. The van der Waals surface area contributed by atoms with E-state index in [-0.39, 0.29) is 6.04 Å². The Labute approximate surface area is 106 Å². The summed E-state index contributed by atoms with van der Waals surface area (Å²) in [5.74, 6) is 2.20. The number of hydrogen-bond donors (Lipinski definition) is 2. The Balaban J connectivity index is 2.09. The van der Waals surface area contributed by atoms with Gasteiger partial charge >= 0.3 is 0 Å². The van der Waals surface area contributed by atoms with Crippen LogP contribution in [0.2, 0.25) is 0 Å². The molecule has 1 unspecified atom stereocenters. The number of rotatable bonds is 6. The minimum Gasteiger partial charge on any atom is -0.478 e. The van der Waals surface area contributed by atoms with Crippen LogP contribution in [0.4, 0.5) is 5.82 Å². The van der Waals surface area contributed by atoms with E-state index in [1.165, 1.54) is 6.33 Å². The van der Waals surface area contributed by atoms with Crippen molar-refractivity contribution in [3.05, 3.63) is 30.6 Å². The van der Waals surface area contributed by atoms with Crippen molar-refractivity contribution in [3.63, 3.8) is 0 Å². The number of aromatic nitrogens is 4. The van der Waals surface area contributed by atoms with E-state index in [1.807, 2.05) is 13.1 Å². The molecule has 0 aliphatic heterocycles. The molecule has 2 N–H and O–H groups in total. The van der Waals surface area contributed by atoms with Gasteiger partial charge in [0, 0.05) is 18.5 Å². The first kappa shape index (κ1) is 12.3. The first-order valence-corrected chi connectivity index (χ1v) is 6.04. The van der Waals surface area contributed by atoms with Gasteiger partial charge in [-0.15, -0.1) is 0 Å². The summed E-state index contributed by atoms with van der Waals surface area (Å²) in [4.78, 5) is 15.6. The quantitative estimate of drug-likeness (QED) is 0.818. The lowest BCUT2D eigenvalue weighted by molar-refractivity contribution is 0.326. The predicted molar refractivity (Wildman–Crippen MR) is 68.4 cm³/mol. The summed E-state index contributed by atoms with van der Waals surface area (Å²) in [6, 6.07) is 1.89. The van der Waals surface area contributed by atoms with E-state index in [0.29, 0.717) is 12.5 Å². The SMILES string of the molecule is CCOc1cc(NC(CC)c2ncc[nH]2)ncn1. The lowest BCUT2D eigenvalue weighted by atomic mass is 10.2. The third-order valence-corrected chi connectivity index (χ3v) is 2.51. The van der Waals surface area contributed by atoms with Crippen LogP contribution in [-0.4, -0.2) is 26.5 Å². The number of anilines is 1. The van der Waals surface area contributed by atoms with E-state index in [9.17, 15) is 0 Å². The molecule has 0 saturated heterocycles. The topological polar surface area (TPSA) is 75.7 Å². The van der Waals surface area contributed by atoms with Crippen LogP contribution < -0.4 is 10.1 Å². The van der Waals surface area contributed by atoms with Crippen LogP contribution in [0.1, 0.15) is 32.1 Å². The number of nitrogens with one attached hydrogen (secondary N) is 2. The second-order valence-corrected chi connectivity index (χ2v) is 3.75. The first-order valence-electron chi connectivity index (χ1n) is 6.04. The van der Waals surface area contributed by atoms with Crippen molar-refractivity contribution in [1.82, 2.24) is 19.9 Å². The molecule has 0 saturated carbocycles. The van der Waals surface area contributed by atoms with Gasteiger partial charge in [0.1, 0.15) is 18.0 Å². The van der Waals surface area contributed by atoms with Crippen LogP contribution in [0.5, 0.6) is 5.88 Å². The molecule has 2 aromatic rings. The summed E-state index contributed by atoms with van der Waals surface area (Å²) in [6.07, 6.45) is 5.94. The predicted octanol–water partition coefficient (Wildman–Crippen LogP) is 2.16. The highest BCUT2D eigenvalue weighted by Crippen LogP contribution is 2.19. The van der Waals surface area contributed by atoms with Crippen LogP contribution in [0.15, 0.2) is 24.8 Å². The Morgan fingerprint density at radius 3 is 2.89 bits per heavy atom. The van der Waals surface area contributed by atoms with Gasteiger partial charge in [-0.3, -0.25) is 0 Å². The van der Waals surface area contributed by atoms with Crippen molar-refractivity contribution in [1.29, 1.82) is 0 Å². The second kappa shape index (κ2) is 6.00. The largest absolute Gasteiger partial charge is 0.478 e. The van der Waals surface area contributed by atoms with Crippen molar-refractivity contribution in [2.75, 3.05) is 11.9 Å². The number of ether oxygens (including phenoxy) is 1. The van der Waals surface area contributed by atoms with Crippen molar-refractivity contribution >= 4 is 5.82 Å². The molecule has 0 aromatic carbocycles. The molecular weight excluding hydrogens is 230 g/mol. The molecule has 6 nitrogen and oxygen atoms in total. The molecule has 0 radical (unpaired) electrons. The maximum absolute atomic E-state index is 5.34. The second-order valence-electron chi connectivity index (χ2n) is 3.75. The molecule has 0 spiro atoms. The third-order valence-electron chi connectivity index (χ3n) is 2.51. The van der Waals surface area contributed by atoms with E-state index < -0.39 is 0 Å². The van der Waals surface area contributed by atoms with E-state index in [0.717, 1.165) is 18.1 Å². The lowest BCUT2D eigenvalue weighted by Crippen LogP contribution is -2.12. The maximum atomic E-state index is 5.34. The highest BCUT2D eigenvalue weighted by Gasteiger charge is 2.12. The van der Waals surface area contributed by atoms with Gasteiger partial charge < -0.3 is 15.0 Å². The van der Waals surface area contributed by atoms with Crippen molar-refractivity contribution < 1.29 is 4.74 Å². The van der Waals surface area contributed by atoms with Gasteiger partial charge in [0.15, 0.2) is 0 Å². The standard InChI is InChI=1S/C12H17N5O/c1-3-9(12-13-5-6-14-12)17-10-7-11(18-4-2)16-8-15-10/h5-9H,3-4H2,1-2H3,(H,13,14)(H,15,16,17). The summed E-state index contributed by atoms with van der Waals surface area (Å²) in [5.41, 5.74) is 0. The number of aromatic amines is 1. The van der Waals surface area contributed by atoms with Crippen LogP contribution in [0.3, 0.4) is 0 Å². The molecule has 2 heterocycles. The smallest absolute Gasteiger partial charge is 0.218 e. The summed E-state index contributed by atoms with van der Waals surface area (Å²) in [7, 11) is 0. The third kappa shape index (κ3) is 2.97. The molecule has 0 bridgehead atoms. The summed E-state index contributed by atoms with van der Waals surface area (Å²) < 4.78 is 5.34. The van der Waals surface area contributed by atoms with Crippen LogP contribution >= 0.6 is 0 Å². The van der Waals surface area contributed by atoms with E-state index in [2.05, 4.69) is 32.2 Å². The fraction of sp³-hybridized carbons (Fsp3) is 0.417. The van der Waals surface area contributed by atoms with Gasteiger partial charge in [0.2, 0.25) is 5.88 Å². The monoisotopic (exact) mass is 247 g/mol. The zero-order valence-corrected chi connectivity index (χ0v) is 10.6. The van der Waals surface area contributed by atoms with Gasteiger partial charge in [0.25, 0.3) is 0 Å². The fourth-order valence-electron chi connectivity index (χ4n) is 1.66. The summed E-state index contributed by atoms with van der Waals surface area (Å²) in [5, 5.41) is 3.31. The van der Waals surface area contributed by atoms with Crippen molar-refractivity contribution in [3.8, 4) is 5.88 Å². The van der Waals surface area contributed by atoms with Crippen molar-refractivity contribution in [2.45, 2.75) is 26.3 Å². The molecule has 18 heavy (non-hydrogen) atoms. The number of imidazole rings is 1. The Bertz CT molecular complexity index is 471. The van der Waals surface area contributed by atoms with Gasteiger partial charge in [-0.25, -0.2) is 15.0 Å². The number of H-pyrrole nitrogens is 1.